The number of hydrogen-bond acceptors (Lipinski definition) is 4. The lowest BCUT2D eigenvalue weighted by molar-refractivity contribution is -0.629. The van der Waals surface area contributed by atoms with Crippen LogP contribution in [0, 0.1) is 10.4 Å². The van der Waals surface area contributed by atoms with Gasteiger partial charge < -0.3 is 16.3 Å². The Morgan fingerprint density at radius 2 is 1.87 bits per heavy atom. The molecule has 0 unspecified atom stereocenters. The van der Waals surface area contributed by atoms with E-state index in [1.165, 1.54) is 0 Å². The van der Waals surface area contributed by atoms with Gasteiger partial charge in [0.1, 0.15) is 6.21 Å². The molecular weight excluding hydrogens is 196 g/mol. The summed E-state index contributed by atoms with van der Waals surface area (Å²) in [5.74, 6) is 4.93. The first-order chi connectivity index (χ1) is 7.24. The third-order valence-corrected chi connectivity index (χ3v) is 2.03. The van der Waals surface area contributed by atoms with Gasteiger partial charge in [0.25, 0.3) is 17.2 Å². The molecule has 0 aliphatic rings. The second-order valence-corrected chi connectivity index (χ2v) is 2.94. The predicted molar refractivity (Wildman–Crippen MR) is 53.6 cm³/mol. The minimum absolute atomic E-state index is 0.103. The highest BCUT2D eigenvalue weighted by Crippen LogP contribution is 2.03. The Morgan fingerprint density at radius 1 is 1.20 bits per heavy atom. The quantitative estimate of drug-likeness (QED) is 0.221. The van der Waals surface area contributed by atoms with E-state index in [0.29, 0.717) is 15.0 Å². The fourth-order valence-corrected chi connectivity index (χ4v) is 1.37. The molecule has 0 amide bonds. The lowest BCUT2D eigenvalue weighted by Gasteiger charge is -2.04. The van der Waals surface area contributed by atoms with E-state index in [4.69, 9.17) is 5.84 Å². The summed E-state index contributed by atoms with van der Waals surface area (Å²) >= 11 is 0. The van der Waals surface area contributed by atoms with Crippen molar-refractivity contribution in [1.29, 1.82) is 0 Å². The molecule has 6 heteroatoms. The standard InChI is InChI=1S/C9H8N4O2/c10-11-5-7-6-12(14)8-3-1-2-4-9(8)13(7)15/h1-6H,10H2. The smallest absolute Gasteiger partial charge is 0.302 e. The Bertz CT molecular complexity index is 539. The molecule has 0 aliphatic carbocycles. The molecule has 6 nitrogen and oxygen atoms in total. The summed E-state index contributed by atoms with van der Waals surface area (Å²) < 4.78 is 1.22. The zero-order valence-corrected chi connectivity index (χ0v) is 7.70. The van der Waals surface area contributed by atoms with Crippen molar-refractivity contribution in [2.75, 3.05) is 0 Å². The van der Waals surface area contributed by atoms with E-state index in [0.717, 1.165) is 12.4 Å². The minimum Gasteiger partial charge on any atom is -0.618 e. The lowest BCUT2D eigenvalue weighted by atomic mass is 10.3. The second kappa shape index (κ2) is 3.41. The minimum atomic E-state index is 0.103. The van der Waals surface area contributed by atoms with Crippen LogP contribution in [0.4, 0.5) is 0 Å². The first kappa shape index (κ1) is 9.20. The Kier molecular flexibility index (Phi) is 2.09. The van der Waals surface area contributed by atoms with Gasteiger partial charge in [0.05, 0.1) is 0 Å². The molecule has 0 saturated carbocycles. The molecule has 2 N–H and O–H groups in total. The van der Waals surface area contributed by atoms with Crippen molar-refractivity contribution in [3.63, 3.8) is 0 Å². The maximum atomic E-state index is 11.7. The van der Waals surface area contributed by atoms with E-state index < -0.39 is 0 Å². The van der Waals surface area contributed by atoms with Crippen LogP contribution in [0.1, 0.15) is 5.69 Å². The van der Waals surface area contributed by atoms with Gasteiger partial charge in [-0.3, -0.25) is 0 Å². The van der Waals surface area contributed by atoms with Crippen molar-refractivity contribution in [3.05, 3.63) is 46.6 Å². The van der Waals surface area contributed by atoms with Crippen molar-refractivity contribution in [2.45, 2.75) is 0 Å². The Morgan fingerprint density at radius 3 is 2.53 bits per heavy atom. The molecule has 0 aliphatic heterocycles. The number of aromatic nitrogens is 2. The van der Waals surface area contributed by atoms with Crippen LogP contribution < -0.4 is 15.3 Å². The molecule has 2 rings (SSSR count). The number of hydrazone groups is 1. The first-order valence-corrected chi connectivity index (χ1v) is 4.22. The predicted octanol–water partition coefficient (Wildman–Crippen LogP) is -0.601. The Balaban J connectivity index is 2.84. The molecule has 0 atom stereocenters. The van der Waals surface area contributed by atoms with Crippen LogP contribution in [-0.2, 0) is 0 Å². The van der Waals surface area contributed by atoms with E-state index in [1.54, 1.807) is 24.3 Å². The highest BCUT2D eigenvalue weighted by molar-refractivity contribution is 5.76. The van der Waals surface area contributed by atoms with Crippen LogP contribution in [0.2, 0.25) is 0 Å². The third kappa shape index (κ3) is 1.41. The van der Waals surface area contributed by atoms with E-state index in [-0.39, 0.29) is 11.2 Å². The van der Waals surface area contributed by atoms with Gasteiger partial charge in [-0.1, -0.05) is 12.1 Å². The molecule has 0 bridgehead atoms. The molecule has 0 radical (unpaired) electrons. The van der Waals surface area contributed by atoms with Gasteiger partial charge in [-0.2, -0.15) is 14.6 Å². The Hall–Kier alpha value is -2.37. The SMILES string of the molecule is NN=Cc1c[n+]([O-])c2ccccc2[n+]1[O-]. The third-order valence-electron chi connectivity index (χ3n) is 2.03. The van der Waals surface area contributed by atoms with Gasteiger partial charge in [0, 0.05) is 12.1 Å². The zero-order valence-electron chi connectivity index (χ0n) is 7.70. The monoisotopic (exact) mass is 204 g/mol. The van der Waals surface area contributed by atoms with E-state index >= 15 is 0 Å². The average Bonchev–Trinajstić information content (AvgIpc) is 2.26. The molecule has 1 aromatic carbocycles. The lowest BCUT2D eigenvalue weighted by Crippen LogP contribution is -2.41. The van der Waals surface area contributed by atoms with Crippen LogP contribution in [0.15, 0.2) is 35.6 Å². The Labute approximate surface area is 85.0 Å². The number of fused-ring (bicyclic) bond motifs is 1. The highest BCUT2D eigenvalue weighted by atomic mass is 16.5. The summed E-state index contributed by atoms with van der Waals surface area (Å²) in [6, 6.07) is 6.50. The second-order valence-electron chi connectivity index (χ2n) is 2.94. The summed E-state index contributed by atoms with van der Waals surface area (Å²) in [6.45, 7) is 0. The summed E-state index contributed by atoms with van der Waals surface area (Å²) in [5.41, 5.74) is 0.692. The molecule has 76 valence electrons. The highest BCUT2D eigenvalue weighted by Gasteiger charge is 2.16. The van der Waals surface area contributed by atoms with Gasteiger partial charge >= 0.3 is 5.69 Å². The van der Waals surface area contributed by atoms with E-state index in [9.17, 15) is 10.4 Å². The molecular formula is C9H8N4O2. The molecule has 15 heavy (non-hydrogen) atoms. The van der Waals surface area contributed by atoms with E-state index in [1.807, 2.05) is 0 Å². The van der Waals surface area contributed by atoms with Crippen molar-refractivity contribution in [2.24, 2.45) is 10.9 Å². The number of nitrogens with two attached hydrogens (primary N) is 1. The van der Waals surface area contributed by atoms with Crippen molar-refractivity contribution >= 4 is 17.2 Å². The number of nitrogens with zero attached hydrogens (tertiary/aromatic N) is 3. The topological polar surface area (TPSA) is 92.3 Å². The van der Waals surface area contributed by atoms with Crippen molar-refractivity contribution in [1.82, 2.24) is 0 Å². The van der Waals surface area contributed by atoms with Gasteiger partial charge in [0.2, 0.25) is 0 Å². The van der Waals surface area contributed by atoms with Crippen LogP contribution in [0.5, 0.6) is 0 Å². The number of rotatable bonds is 1. The molecule has 0 spiro atoms. The maximum Gasteiger partial charge on any atom is 0.302 e. The van der Waals surface area contributed by atoms with Gasteiger partial charge in [-0.25, -0.2) is 0 Å². The average molecular weight is 204 g/mol. The van der Waals surface area contributed by atoms with Crippen LogP contribution in [-0.4, -0.2) is 6.21 Å². The zero-order chi connectivity index (χ0) is 10.8. The normalized spacial score (nSPS) is 11.2. The van der Waals surface area contributed by atoms with Crippen molar-refractivity contribution in [3.8, 4) is 0 Å². The number of hydrogen-bond donors (Lipinski definition) is 1. The van der Waals surface area contributed by atoms with Crippen LogP contribution in [0.25, 0.3) is 11.0 Å². The van der Waals surface area contributed by atoms with Gasteiger partial charge in [-0.15, -0.1) is 0 Å². The summed E-state index contributed by atoms with van der Waals surface area (Å²) in [5, 5.41) is 26.4. The number of benzene rings is 1. The first-order valence-electron chi connectivity index (χ1n) is 4.22. The van der Waals surface area contributed by atoms with Crippen LogP contribution in [0.3, 0.4) is 0 Å². The van der Waals surface area contributed by atoms with Crippen LogP contribution >= 0.6 is 0 Å². The fraction of sp³-hybridized carbons (Fsp3) is 0. The van der Waals surface area contributed by atoms with Gasteiger partial charge in [-0.05, 0) is 0 Å². The molecule has 2 aromatic rings. The summed E-state index contributed by atoms with van der Waals surface area (Å²) in [4.78, 5) is 0. The van der Waals surface area contributed by atoms with E-state index in [2.05, 4.69) is 5.10 Å². The van der Waals surface area contributed by atoms with Crippen molar-refractivity contribution < 1.29 is 9.46 Å². The summed E-state index contributed by atoms with van der Waals surface area (Å²) in [6.07, 6.45) is 2.26. The molecule has 1 heterocycles. The summed E-state index contributed by atoms with van der Waals surface area (Å²) in [7, 11) is 0. The largest absolute Gasteiger partial charge is 0.618 e. The number of para-hydroxylation sites is 2. The fourth-order valence-electron chi connectivity index (χ4n) is 1.37. The molecule has 0 saturated heterocycles. The van der Waals surface area contributed by atoms with Gasteiger partial charge in [0.15, 0.2) is 0 Å². The maximum absolute atomic E-state index is 11.7. The molecule has 1 aromatic heterocycles. The molecule has 0 fully saturated rings.